The molecule has 1 rings (SSSR count). The molecule has 1 aromatic rings. The molecule has 0 atom stereocenters. The van der Waals surface area contributed by atoms with Gasteiger partial charge < -0.3 is 5.11 Å². The average Bonchev–Trinajstić information content (AvgIpc) is 2.18. The molecule has 0 amide bonds. The van der Waals surface area contributed by atoms with Gasteiger partial charge in [0.1, 0.15) is 0 Å². The van der Waals surface area contributed by atoms with Crippen LogP contribution < -0.4 is 0 Å². The summed E-state index contributed by atoms with van der Waals surface area (Å²) in [5.41, 5.74) is 1.73. The number of aryl methyl sites for hydroxylation is 2. The molecule has 0 aromatic heterocycles. The lowest BCUT2D eigenvalue weighted by molar-refractivity contribution is 0.319. The van der Waals surface area contributed by atoms with E-state index >= 15 is 0 Å². The second-order valence-corrected chi connectivity index (χ2v) is 5.57. The van der Waals surface area contributed by atoms with Crippen molar-refractivity contribution in [2.24, 2.45) is 0 Å². The number of sulfone groups is 1. The summed E-state index contributed by atoms with van der Waals surface area (Å²) in [4.78, 5) is 0.343. The molecule has 0 radical (unpaired) electrons. The van der Waals surface area contributed by atoms with Gasteiger partial charge in [-0.25, -0.2) is 8.42 Å². The Hall–Kier alpha value is -0.870. The Labute approximate surface area is 90.7 Å². The van der Waals surface area contributed by atoms with Crippen LogP contribution in [0.2, 0.25) is 0 Å². The summed E-state index contributed by atoms with van der Waals surface area (Å²) in [5.74, 6) is -0.207. The van der Waals surface area contributed by atoms with Crippen LogP contribution in [-0.2, 0) is 16.3 Å². The molecule has 1 N–H and O–H groups in total. The highest BCUT2D eigenvalue weighted by Gasteiger charge is 2.16. The first-order valence-electron chi connectivity index (χ1n) is 4.94. The Kier molecular flexibility index (Phi) is 3.88. The van der Waals surface area contributed by atoms with Crippen molar-refractivity contribution in [1.29, 1.82) is 0 Å². The van der Waals surface area contributed by atoms with Crippen LogP contribution in [0.3, 0.4) is 0 Å². The van der Waals surface area contributed by atoms with E-state index in [1.165, 1.54) is 0 Å². The topological polar surface area (TPSA) is 54.4 Å². The minimum absolute atomic E-state index is 0.207. The summed E-state index contributed by atoms with van der Waals surface area (Å²) in [5, 5.41) is 8.70. The molecule has 0 saturated heterocycles. The van der Waals surface area contributed by atoms with E-state index < -0.39 is 9.84 Å². The summed E-state index contributed by atoms with van der Waals surface area (Å²) >= 11 is 0. The lowest BCUT2D eigenvalue weighted by atomic mass is 10.1. The zero-order chi connectivity index (χ0) is 11.5. The minimum Gasteiger partial charge on any atom is -0.395 e. The molecule has 0 spiro atoms. The second-order valence-electron chi connectivity index (χ2n) is 3.50. The van der Waals surface area contributed by atoms with Crippen molar-refractivity contribution in [3.63, 3.8) is 0 Å². The molecular formula is C11H16O3S. The van der Waals surface area contributed by atoms with Crippen molar-refractivity contribution in [3.05, 3.63) is 29.3 Å². The van der Waals surface area contributed by atoms with Crippen molar-refractivity contribution in [1.82, 2.24) is 0 Å². The van der Waals surface area contributed by atoms with E-state index in [0.717, 1.165) is 17.5 Å². The molecule has 1 aromatic carbocycles. The van der Waals surface area contributed by atoms with Crippen LogP contribution in [0, 0.1) is 6.92 Å². The maximum atomic E-state index is 11.8. The number of hydrogen-bond donors (Lipinski definition) is 1. The molecule has 3 nitrogen and oxygen atoms in total. The third-order valence-electron chi connectivity index (χ3n) is 2.36. The van der Waals surface area contributed by atoms with Gasteiger partial charge in [-0.15, -0.1) is 0 Å². The molecule has 4 heteroatoms. The number of aliphatic hydroxyl groups is 1. The highest BCUT2D eigenvalue weighted by Crippen LogP contribution is 2.18. The Bertz CT molecular complexity index is 435. The van der Waals surface area contributed by atoms with Crippen LogP contribution in [0.1, 0.15) is 18.1 Å². The lowest BCUT2D eigenvalue weighted by Crippen LogP contribution is -2.11. The molecule has 0 heterocycles. The van der Waals surface area contributed by atoms with E-state index in [0.29, 0.717) is 4.90 Å². The lowest BCUT2D eigenvalue weighted by Gasteiger charge is -2.08. The van der Waals surface area contributed by atoms with Crippen LogP contribution in [0.15, 0.2) is 23.1 Å². The van der Waals surface area contributed by atoms with E-state index in [1.54, 1.807) is 13.0 Å². The molecule has 0 aliphatic carbocycles. The fourth-order valence-corrected chi connectivity index (χ4v) is 2.78. The highest BCUT2D eigenvalue weighted by atomic mass is 32.2. The maximum absolute atomic E-state index is 11.8. The third kappa shape index (κ3) is 2.79. The first kappa shape index (κ1) is 12.2. The zero-order valence-corrected chi connectivity index (χ0v) is 9.84. The Morgan fingerprint density at radius 3 is 2.53 bits per heavy atom. The summed E-state index contributed by atoms with van der Waals surface area (Å²) < 4.78 is 23.5. The van der Waals surface area contributed by atoms with E-state index in [2.05, 4.69) is 0 Å². The average molecular weight is 228 g/mol. The minimum atomic E-state index is -3.32. The summed E-state index contributed by atoms with van der Waals surface area (Å²) in [6, 6.07) is 5.43. The zero-order valence-electron chi connectivity index (χ0n) is 9.03. The third-order valence-corrected chi connectivity index (χ3v) is 4.19. The first-order valence-corrected chi connectivity index (χ1v) is 6.59. The van der Waals surface area contributed by atoms with Crippen LogP contribution in [0.4, 0.5) is 0 Å². The SMILES string of the molecule is CCc1ccc(C)c(S(=O)(=O)CCO)c1. The summed E-state index contributed by atoms with van der Waals surface area (Å²) in [6.45, 7) is 3.41. The molecule has 0 unspecified atom stereocenters. The largest absolute Gasteiger partial charge is 0.395 e. The Balaban J connectivity index is 3.24. The number of rotatable bonds is 4. The second kappa shape index (κ2) is 4.77. The van der Waals surface area contributed by atoms with Gasteiger partial charge in [-0.2, -0.15) is 0 Å². The Morgan fingerprint density at radius 1 is 1.33 bits per heavy atom. The number of hydrogen-bond acceptors (Lipinski definition) is 3. The van der Waals surface area contributed by atoms with Gasteiger partial charge >= 0.3 is 0 Å². The Morgan fingerprint density at radius 2 is 2.00 bits per heavy atom. The van der Waals surface area contributed by atoms with Crippen LogP contribution in [0.5, 0.6) is 0 Å². The molecule has 15 heavy (non-hydrogen) atoms. The normalized spacial score (nSPS) is 11.7. The first-order chi connectivity index (χ1) is 7.01. The molecule has 0 bridgehead atoms. The predicted octanol–water partition coefficient (Wildman–Crippen LogP) is 1.32. The monoisotopic (exact) mass is 228 g/mol. The van der Waals surface area contributed by atoms with Gasteiger partial charge in [-0.05, 0) is 30.5 Å². The van der Waals surface area contributed by atoms with Crippen molar-refractivity contribution in [3.8, 4) is 0 Å². The van der Waals surface area contributed by atoms with Crippen molar-refractivity contribution in [2.45, 2.75) is 25.2 Å². The smallest absolute Gasteiger partial charge is 0.180 e. The van der Waals surface area contributed by atoms with Crippen molar-refractivity contribution < 1.29 is 13.5 Å². The van der Waals surface area contributed by atoms with Gasteiger partial charge in [0, 0.05) is 0 Å². The van der Waals surface area contributed by atoms with Crippen molar-refractivity contribution in [2.75, 3.05) is 12.4 Å². The van der Waals surface area contributed by atoms with Gasteiger partial charge in [-0.1, -0.05) is 19.1 Å². The maximum Gasteiger partial charge on any atom is 0.180 e. The van der Waals surface area contributed by atoms with E-state index in [1.807, 2.05) is 19.1 Å². The van der Waals surface area contributed by atoms with Crippen LogP contribution >= 0.6 is 0 Å². The molecular weight excluding hydrogens is 212 g/mol. The van der Waals surface area contributed by atoms with Crippen molar-refractivity contribution >= 4 is 9.84 Å². The van der Waals surface area contributed by atoms with E-state index in [9.17, 15) is 8.42 Å². The quantitative estimate of drug-likeness (QED) is 0.845. The molecule has 0 aliphatic rings. The van der Waals surface area contributed by atoms with E-state index in [4.69, 9.17) is 5.11 Å². The molecule has 0 fully saturated rings. The molecule has 0 aliphatic heterocycles. The summed E-state index contributed by atoms with van der Waals surface area (Å²) in [6.07, 6.45) is 0.807. The predicted molar refractivity (Wildman–Crippen MR) is 59.7 cm³/mol. The van der Waals surface area contributed by atoms with Crippen LogP contribution in [0.25, 0.3) is 0 Å². The summed E-state index contributed by atoms with van der Waals surface area (Å²) in [7, 11) is -3.32. The number of aliphatic hydroxyl groups excluding tert-OH is 1. The van der Waals surface area contributed by atoms with Gasteiger partial charge in [-0.3, -0.25) is 0 Å². The highest BCUT2D eigenvalue weighted by molar-refractivity contribution is 7.91. The van der Waals surface area contributed by atoms with Gasteiger partial charge in [0.15, 0.2) is 9.84 Å². The standard InChI is InChI=1S/C11H16O3S/c1-3-10-5-4-9(2)11(8-10)15(13,14)7-6-12/h4-5,8,12H,3,6-7H2,1-2H3. The molecule has 0 saturated carbocycles. The van der Waals surface area contributed by atoms with Gasteiger partial charge in [0.2, 0.25) is 0 Å². The van der Waals surface area contributed by atoms with Gasteiger partial charge in [0.25, 0.3) is 0 Å². The van der Waals surface area contributed by atoms with Crippen LogP contribution in [-0.4, -0.2) is 25.9 Å². The van der Waals surface area contributed by atoms with Gasteiger partial charge in [0.05, 0.1) is 17.3 Å². The fourth-order valence-electron chi connectivity index (χ4n) is 1.43. The fraction of sp³-hybridized carbons (Fsp3) is 0.455. The molecule has 84 valence electrons. The number of benzene rings is 1. The van der Waals surface area contributed by atoms with E-state index in [-0.39, 0.29) is 12.4 Å².